The topological polar surface area (TPSA) is 50.8 Å². The normalized spacial score (nSPS) is 21.9. The maximum atomic E-state index is 12.3. The van der Waals surface area contributed by atoms with Gasteiger partial charge in [-0.25, -0.2) is 0 Å². The Bertz CT molecular complexity index is 461. The number of morpholine rings is 1. The Hall–Kier alpha value is -1.59. The highest BCUT2D eigenvalue weighted by Gasteiger charge is 2.30. The van der Waals surface area contributed by atoms with Crippen molar-refractivity contribution in [3.8, 4) is 5.75 Å². The minimum absolute atomic E-state index is 0.0507. The number of amides is 1. The molecule has 21 heavy (non-hydrogen) atoms. The minimum atomic E-state index is -0.261. The third-order valence-corrected chi connectivity index (χ3v) is 3.68. The van der Waals surface area contributed by atoms with E-state index >= 15 is 0 Å². The van der Waals surface area contributed by atoms with Crippen molar-refractivity contribution in [2.45, 2.75) is 26.0 Å². The van der Waals surface area contributed by atoms with Crippen LogP contribution in [0.4, 0.5) is 0 Å². The first kappa shape index (κ1) is 15.8. The molecule has 1 amide bonds. The van der Waals surface area contributed by atoms with Crippen LogP contribution < -0.4 is 10.1 Å². The number of hydrogen-bond acceptors (Lipinski definition) is 4. The van der Waals surface area contributed by atoms with Gasteiger partial charge >= 0.3 is 0 Å². The fraction of sp³-hybridized carbons (Fsp3) is 0.562. The Morgan fingerprint density at radius 1 is 1.43 bits per heavy atom. The van der Waals surface area contributed by atoms with Crippen molar-refractivity contribution >= 4 is 5.91 Å². The average Bonchev–Trinajstić information content (AvgIpc) is 2.49. The van der Waals surface area contributed by atoms with Gasteiger partial charge in [0.25, 0.3) is 0 Å². The number of rotatable bonds is 5. The zero-order chi connectivity index (χ0) is 15.2. The molecule has 1 N–H and O–H groups in total. The van der Waals surface area contributed by atoms with E-state index in [1.807, 2.05) is 38.1 Å². The molecular formula is C16H24N2O3. The molecule has 1 aromatic carbocycles. The van der Waals surface area contributed by atoms with E-state index in [4.69, 9.17) is 9.47 Å². The molecular weight excluding hydrogens is 268 g/mol. The van der Waals surface area contributed by atoms with Crippen molar-refractivity contribution in [3.05, 3.63) is 29.8 Å². The lowest BCUT2D eigenvalue weighted by molar-refractivity contribution is -0.138. The molecule has 2 rings (SSSR count). The monoisotopic (exact) mass is 292 g/mol. The summed E-state index contributed by atoms with van der Waals surface area (Å²) in [4.78, 5) is 14.0. The highest BCUT2D eigenvalue weighted by Crippen LogP contribution is 2.11. The van der Waals surface area contributed by atoms with Gasteiger partial charge in [-0.15, -0.1) is 0 Å². The first-order chi connectivity index (χ1) is 10.1. The Balaban J connectivity index is 1.77. The Labute approximate surface area is 126 Å². The van der Waals surface area contributed by atoms with Crippen molar-refractivity contribution in [3.63, 3.8) is 0 Å². The molecule has 116 valence electrons. The van der Waals surface area contributed by atoms with Crippen molar-refractivity contribution in [2.75, 3.05) is 33.4 Å². The minimum Gasteiger partial charge on any atom is -0.492 e. The van der Waals surface area contributed by atoms with Gasteiger partial charge in [0, 0.05) is 13.6 Å². The predicted molar refractivity (Wildman–Crippen MR) is 81.5 cm³/mol. The van der Waals surface area contributed by atoms with Crippen LogP contribution in [0.1, 0.15) is 12.5 Å². The molecule has 2 atom stereocenters. The number of benzene rings is 1. The molecule has 0 unspecified atom stereocenters. The predicted octanol–water partition coefficient (Wildman–Crippen LogP) is 1.21. The van der Waals surface area contributed by atoms with Gasteiger partial charge in [0.2, 0.25) is 5.91 Å². The Morgan fingerprint density at radius 3 is 2.81 bits per heavy atom. The van der Waals surface area contributed by atoms with Crippen molar-refractivity contribution in [1.29, 1.82) is 0 Å². The second kappa shape index (κ2) is 7.43. The second-order valence-electron chi connectivity index (χ2n) is 5.43. The van der Waals surface area contributed by atoms with E-state index in [1.54, 1.807) is 11.9 Å². The first-order valence-corrected chi connectivity index (χ1v) is 7.37. The fourth-order valence-corrected chi connectivity index (χ4v) is 2.29. The lowest BCUT2D eigenvalue weighted by Gasteiger charge is -2.32. The van der Waals surface area contributed by atoms with E-state index in [1.165, 1.54) is 5.56 Å². The summed E-state index contributed by atoms with van der Waals surface area (Å²) >= 11 is 0. The second-order valence-corrected chi connectivity index (χ2v) is 5.43. The van der Waals surface area contributed by atoms with E-state index in [-0.39, 0.29) is 18.1 Å². The number of aryl methyl sites for hydroxylation is 1. The summed E-state index contributed by atoms with van der Waals surface area (Å²) in [6.45, 7) is 6.37. The van der Waals surface area contributed by atoms with Crippen LogP contribution in [0.25, 0.3) is 0 Å². The smallest absolute Gasteiger partial charge is 0.242 e. The summed E-state index contributed by atoms with van der Waals surface area (Å²) in [6.07, 6.45) is -0.0910. The van der Waals surface area contributed by atoms with Crippen LogP contribution in [0.5, 0.6) is 5.75 Å². The number of carbonyl (C=O) groups is 1. The number of nitrogens with zero attached hydrogens (tertiary/aromatic N) is 1. The number of hydrogen-bond donors (Lipinski definition) is 1. The molecule has 1 aliphatic heterocycles. The molecule has 1 saturated heterocycles. The molecule has 1 aliphatic rings. The van der Waals surface area contributed by atoms with Gasteiger partial charge < -0.3 is 19.7 Å². The quantitative estimate of drug-likeness (QED) is 0.886. The van der Waals surface area contributed by atoms with Crippen LogP contribution in [0, 0.1) is 6.92 Å². The van der Waals surface area contributed by atoms with E-state index in [0.29, 0.717) is 26.3 Å². The summed E-state index contributed by atoms with van der Waals surface area (Å²) in [5.74, 6) is 0.878. The van der Waals surface area contributed by atoms with Gasteiger partial charge in [-0.2, -0.15) is 0 Å². The zero-order valence-electron chi connectivity index (χ0n) is 13.0. The Kier molecular flexibility index (Phi) is 5.59. The first-order valence-electron chi connectivity index (χ1n) is 7.37. The lowest BCUT2D eigenvalue weighted by atomic mass is 10.1. The number of nitrogens with one attached hydrogen (secondary N) is 1. The summed E-state index contributed by atoms with van der Waals surface area (Å²) in [5, 5.41) is 3.21. The van der Waals surface area contributed by atoms with E-state index < -0.39 is 0 Å². The summed E-state index contributed by atoms with van der Waals surface area (Å²) in [7, 11) is 1.80. The maximum absolute atomic E-state index is 12.3. The third kappa shape index (κ3) is 4.44. The summed E-state index contributed by atoms with van der Waals surface area (Å²) < 4.78 is 11.2. The summed E-state index contributed by atoms with van der Waals surface area (Å²) in [6, 6.07) is 7.64. The van der Waals surface area contributed by atoms with Crippen LogP contribution in [0.3, 0.4) is 0 Å². The molecule has 0 spiro atoms. The van der Waals surface area contributed by atoms with E-state index in [0.717, 1.165) is 5.75 Å². The molecule has 0 aromatic heterocycles. The van der Waals surface area contributed by atoms with Gasteiger partial charge in [0.1, 0.15) is 18.4 Å². The van der Waals surface area contributed by atoms with Crippen LogP contribution in [0.15, 0.2) is 24.3 Å². The van der Waals surface area contributed by atoms with E-state index in [9.17, 15) is 4.79 Å². The average molecular weight is 292 g/mol. The fourth-order valence-electron chi connectivity index (χ4n) is 2.29. The molecule has 5 heteroatoms. The maximum Gasteiger partial charge on any atom is 0.242 e. The van der Waals surface area contributed by atoms with Gasteiger partial charge in [-0.3, -0.25) is 4.79 Å². The van der Waals surface area contributed by atoms with Crippen molar-refractivity contribution in [2.24, 2.45) is 0 Å². The van der Waals surface area contributed by atoms with Crippen LogP contribution in [-0.4, -0.2) is 56.3 Å². The highest BCUT2D eigenvalue weighted by atomic mass is 16.5. The molecule has 0 bridgehead atoms. The SMILES string of the molecule is Cc1ccc(OCCN(C)C(=O)[C@H]2NCCO[C@@H]2C)cc1. The Morgan fingerprint density at radius 2 is 2.14 bits per heavy atom. The van der Waals surface area contributed by atoms with Gasteiger partial charge in [0.05, 0.1) is 19.3 Å². The van der Waals surface area contributed by atoms with Crippen molar-refractivity contribution in [1.82, 2.24) is 10.2 Å². The lowest BCUT2D eigenvalue weighted by Crippen LogP contribution is -2.56. The van der Waals surface area contributed by atoms with Gasteiger partial charge in [0.15, 0.2) is 0 Å². The summed E-state index contributed by atoms with van der Waals surface area (Å²) in [5.41, 5.74) is 1.20. The molecule has 1 heterocycles. The molecule has 5 nitrogen and oxygen atoms in total. The molecule has 1 fully saturated rings. The molecule has 0 saturated carbocycles. The molecule has 0 aliphatic carbocycles. The molecule has 0 radical (unpaired) electrons. The van der Waals surface area contributed by atoms with E-state index in [2.05, 4.69) is 5.32 Å². The number of ether oxygens (including phenoxy) is 2. The highest BCUT2D eigenvalue weighted by molar-refractivity contribution is 5.82. The van der Waals surface area contributed by atoms with Crippen LogP contribution in [-0.2, 0) is 9.53 Å². The van der Waals surface area contributed by atoms with Gasteiger partial charge in [-0.05, 0) is 26.0 Å². The number of carbonyl (C=O) groups excluding carboxylic acids is 1. The number of likely N-dealkylation sites (N-methyl/N-ethyl adjacent to an activating group) is 1. The van der Waals surface area contributed by atoms with Crippen LogP contribution >= 0.6 is 0 Å². The third-order valence-electron chi connectivity index (χ3n) is 3.68. The standard InChI is InChI=1S/C16H24N2O3/c1-12-4-6-14(7-5-12)21-11-9-18(3)16(19)15-13(2)20-10-8-17-15/h4-7,13,15,17H,8-11H2,1-3H3/t13-,15+/m1/s1. The van der Waals surface area contributed by atoms with Gasteiger partial charge in [-0.1, -0.05) is 17.7 Å². The largest absolute Gasteiger partial charge is 0.492 e. The zero-order valence-corrected chi connectivity index (χ0v) is 13.0. The van der Waals surface area contributed by atoms with Crippen molar-refractivity contribution < 1.29 is 14.3 Å². The van der Waals surface area contributed by atoms with Crippen LogP contribution in [0.2, 0.25) is 0 Å². The molecule has 1 aromatic rings.